The summed E-state index contributed by atoms with van der Waals surface area (Å²) in [5, 5.41) is 3.33. The van der Waals surface area contributed by atoms with E-state index < -0.39 is 0 Å². The molecule has 1 aromatic rings. The molecule has 0 fully saturated rings. The van der Waals surface area contributed by atoms with E-state index in [2.05, 4.69) is 36.0 Å². The Balaban J connectivity index is 2.60. The highest BCUT2D eigenvalue weighted by molar-refractivity contribution is 7.09. The Morgan fingerprint density at radius 2 is 2.18 bits per heavy atom. The molecular formula is C13H25N3S. The fourth-order valence-electron chi connectivity index (χ4n) is 1.87. The number of nitrogens with two attached hydrogens (primary N) is 1. The maximum Gasteiger partial charge on any atom is 0.107 e. The Kier molecular flexibility index (Phi) is 5.56. The lowest BCUT2D eigenvalue weighted by atomic mass is 9.93. The van der Waals surface area contributed by atoms with Crippen molar-refractivity contribution >= 4 is 11.3 Å². The van der Waals surface area contributed by atoms with E-state index in [4.69, 9.17) is 5.73 Å². The van der Waals surface area contributed by atoms with Crippen LogP contribution in [0.3, 0.4) is 0 Å². The van der Waals surface area contributed by atoms with Gasteiger partial charge in [-0.2, -0.15) is 0 Å². The predicted octanol–water partition coefficient (Wildman–Crippen LogP) is 2.65. The van der Waals surface area contributed by atoms with Crippen LogP contribution in [-0.2, 0) is 6.54 Å². The molecule has 0 unspecified atom stereocenters. The highest BCUT2D eigenvalue weighted by atomic mass is 32.1. The van der Waals surface area contributed by atoms with Gasteiger partial charge in [-0.15, -0.1) is 11.3 Å². The molecule has 0 aromatic carbocycles. The first kappa shape index (κ1) is 14.6. The van der Waals surface area contributed by atoms with Gasteiger partial charge in [0.15, 0.2) is 0 Å². The Hall–Kier alpha value is -0.450. The summed E-state index contributed by atoms with van der Waals surface area (Å²) in [5.74, 6) is 0. The molecule has 3 nitrogen and oxygen atoms in total. The van der Waals surface area contributed by atoms with Crippen molar-refractivity contribution in [2.75, 3.05) is 19.6 Å². The van der Waals surface area contributed by atoms with Crippen LogP contribution in [0.1, 0.15) is 37.9 Å². The third-order valence-electron chi connectivity index (χ3n) is 2.77. The van der Waals surface area contributed by atoms with Crippen molar-refractivity contribution in [1.29, 1.82) is 0 Å². The normalized spacial score (nSPS) is 12.4. The van der Waals surface area contributed by atoms with E-state index in [1.54, 1.807) is 11.3 Å². The largest absolute Gasteiger partial charge is 0.330 e. The zero-order valence-corrected chi connectivity index (χ0v) is 12.3. The zero-order chi connectivity index (χ0) is 12.9. The molecule has 0 saturated heterocycles. The van der Waals surface area contributed by atoms with Crippen LogP contribution in [-0.4, -0.2) is 29.5 Å². The smallest absolute Gasteiger partial charge is 0.107 e. The first-order valence-electron chi connectivity index (χ1n) is 6.30. The summed E-state index contributed by atoms with van der Waals surface area (Å²) >= 11 is 1.75. The molecule has 1 aromatic heterocycles. The van der Waals surface area contributed by atoms with E-state index in [9.17, 15) is 0 Å². The van der Waals surface area contributed by atoms with Gasteiger partial charge in [-0.1, -0.05) is 20.8 Å². The molecule has 0 aliphatic carbocycles. The minimum Gasteiger partial charge on any atom is -0.330 e. The summed E-state index contributed by atoms with van der Waals surface area (Å²) in [4.78, 5) is 7.00. The van der Waals surface area contributed by atoms with E-state index in [-0.39, 0.29) is 5.41 Å². The van der Waals surface area contributed by atoms with Crippen LogP contribution in [0.25, 0.3) is 0 Å². The molecule has 0 bridgehead atoms. The van der Waals surface area contributed by atoms with Crippen LogP contribution in [0.5, 0.6) is 0 Å². The molecule has 17 heavy (non-hydrogen) atoms. The van der Waals surface area contributed by atoms with Crippen molar-refractivity contribution < 1.29 is 0 Å². The van der Waals surface area contributed by atoms with Gasteiger partial charge in [-0.25, -0.2) is 4.98 Å². The van der Waals surface area contributed by atoms with Gasteiger partial charge in [0.25, 0.3) is 0 Å². The second-order valence-corrected chi connectivity index (χ2v) is 6.40. The average molecular weight is 255 g/mol. The van der Waals surface area contributed by atoms with Gasteiger partial charge in [-0.05, 0) is 31.8 Å². The summed E-state index contributed by atoms with van der Waals surface area (Å²) < 4.78 is 0. The first-order chi connectivity index (χ1) is 7.96. The molecule has 0 saturated carbocycles. The SMILES string of the molecule is CCCN(Cc1nc(C)cs1)CC(C)(C)CN. The van der Waals surface area contributed by atoms with Crippen molar-refractivity contribution in [2.45, 2.75) is 40.7 Å². The number of aromatic nitrogens is 1. The number of hydrogen-bond donors (Lipinski definition) is 1. The fourth-order valence-corrected chi connectivity index (χ4v) is 2.68. The van der Waals surface area contributed by atoms with E-state index >= 15 is 0 Å². The molecule has 0 aliphatic heterocycles. The summed E-state index contributed by atoms with van der Waals surface area (Å²) in [6.07, 6.45) is 1.17. The van der Waals surface area contributed by atoms with Gasteiger partial charge in [0.2, 0.25) is 0 Å². The van der Waals surface area contributed by atoms with Crippen molar-refractivity contribution in [3.8, 4) is 0 Å². The van der Waals surface area contributed by atoms with Gasteiger partial charge < -0.3 is 5.73 Å². The predicted molar refractivity (Wildman–Crippen MR) is 75.3 cm³/mol. The molecule has 0 atom stereocenters. The summed E-state index contributed by atoms with van der Waals surface area (Å²) in [6, 6.07) is 0. The maximum absolute atomic E-state index is 5.81. The molecular weight excluding hydrogens is 230 g/mol. The Labute approximate surface area is 109 Å². The lowest BCUT2D eigenvalue weighted by Crippen LogP contribution is -2.38. The Bertz CT molecular complexity index is 333. The molecule has 0 amide bonds. The van der Waals surface area contributed by atoms with Gasteiger partial charge in [0.05, 0.1) is 6.54 Å². The molecule has 0 spiro atoms. The van der Waals surface area contributed by atoms with Crippen LogP contribution < -0.4 is 5.73 Å². The molecule has 4 heteroatoms. The van der Waals surface area contributed by atoms with Crippen LogP contribution in [0, 0.1) is 12.3 Å². The van der Waals surface area contributed by atoms with E-state index in [1.165, 1.54) is 11.4 Å². The fraction of sp³-hybridized carbons (Fsp3) is 0.769. The number of thiazole rings is 1. The van der Waals surface area contributed by atoms with Crippen molar-refractivity contribution in [1.82, 2.24) is 9.88 Å². The lowest BCUT2D eigenvalue weighted by Gasteiger charge is -2.31. The Morgan fingerprint density at radius 3 is 2.65 bits per heavy atom. The van der Waals surface area contributed by atoms with E-state index in [1.807, 2.05) is 6.92 Å². The van der Waals surface area contributed by atoms with Crippen LogP contribution in [0.4, 0.5) is 0 Å². The van der Waals surface area contributed by atoms with Crippen molar-refractivity contribution in [2.24, 2.45) is 11.1 Å². The van der Waals surface area contributed by atoms with Crippen molar-refractivity contribution in [3.63, 3.8) is 0 Å². The second-order valence-electron chi connectivity index (χ2n) is 5.46. The highest BCUT2D eigenvalue weighted by Crippen LogP contribution is 2.18. The van der Waals surface area contributed by atoms with Crippen LogP contribution in [0.2, 0.25) is 0 Å². The maximum atomic E-state index is 5.81. The second kappa shape index (κ2) is 6.47. The molecule has 2 N–H and O–H groups in total. The minimum absolute atomic E-state index is 0.182. The van der Waals surface area contributed by atoms with Gasteiger partial charge in [0, 0.05) is 17.6 Å². The molecule has 1 heterocycles. The summed E-state index contributed by atoms with van der Waals surface area (Å²) in [5.41, 5.74) is 7.12. The summed E-state index contributed by atoms with van der Waals surface area (Å²) in [7, 11) is 0. The average Bonchev–Trinajstić information content (AvgIpc) is 2.64. The number of aryl methyl sites for hydroxylation is 1. The third kappa shape index (κ3) is 5.15. The highest BCUT2D eigenvalue weighted by Gasteiger charge is 2.20. The van der Waals surface area contributed by atoms with Crippen molar-refractivity contribution in [3.05, 3.63) is 16.1 Å². The lowest BCUT2D eigenvalue weighted by molar-refractivity contribution is 0.176. The molecule has 0 aliphatic rings. The summed E-state index contributed by atoms with van der Waals surface area (Å²) in [6.45, 7) is 12.5. The standard InChI is InChI=1S/C13H25N3S/c1-5-6-16(10-13(3,4)9-14)7-12-15-11(2)8-17-12/h8H,5-7,9-10,14H2,1-4H3. The number of hydrogen-bond acceptors (Lipinski definition) is 4. The third-order valence-corrected chi connectivity index (χ3v) is 3.72. The topological polar surface area (TPSA) is 42.2 Å². The monoisotopic (exact) mass is 255 g/mol. The number of rotatable bonds is 7. The van der Waals surface area contributed by atoms with Crippen LogP contribution >= 0.6 is 11.3 Å². The molecule has 1 rings (SSSR count). The molecule has 98 valence electrons. The van der Waals surface area contributed by atoms with Gasteiger partial charge in [0.1, 0.15) is 5.01 Å². The molecule has 0 radical (unpaired) electrons. The number of nitrogens with zero attached hydrogens (tertiary/aromatic N) is 2. The van der Waals surface area contributed by atoms with Crippen LogP contribution in [0.15, 0.2) is 5.38 Å². The quantitative estimate of drug-likeness (QED) is 0.814. The zero-order valence-electron chi connectivity index (χ0n) is 11.5. The van der Waals surface area contributed by atoms with E-state index in [0.29, 0.717) is 0 Å². The Morgan fingerprint density at radius 1 is 1.47 bits per heavy atom. The van der Waals surface area contributed by atoms with Gasteiger partial charge in [-0.3, -0.25) is 4.90 Å². The minimum atomic E-state index is 0.182. The first-order valence-corrected chi connectivity index (χ1v) is 7.18. The van der Waals surface area contributed by atoms with E-state index in [0.717, 1.165) is 31.9 Å². The van der Waals surface area contributed by atoms with Gasteiger partial charge >= 0.3 is 0 Å².